The van der Waals surface area contributed by atoms with E-state index < -0.39 is 0 Å². The summed E-state index contributed by atoms with van der Waals surface area (Å²) in [4.78, 5) is 25.5. The molecule has 0 radical (unpaired) electrons. The van der Waals surface area contributed by atoms with Crippen molar-refractivity contribution in [3.05, 3.63) is 83.4 Å². The minimum atomic E-state index is -0.332. The Bertz CT molecular complexity index is 1080. The summed E-state index contributed by atoms with van der Waals surface area (Å²) in [5.74, 6) is 0.148. The van der Waals surface area contributed by atoms with E-state index >= 15 is 0 Å². The van der Waals surface area contributed by atoms with E-state index in [1.807, 2.05) is 47.0 Å². The van der Waals surface area contributed by atoms with Gasteiger partial charge in [-0.3, -0.25) is 15.1 Å². The van der Waals surface area contributed by atoms with Crippen molar-refractivity contribution in [2.75, 3.05) is 5.32 Å². The van der Waals surface area contributed by atoms with E-state index in [2.05, 4.69) is 20.3 Å². The van der Waals surface area contributed by atoms with Gasteiger partial charge in [0.25, 0.3) is 5.91 Å². The molecule has 0 unspecified atom stereocenters. The number of pyridine rings is 2. The second-order valence-electron chi connectivity index (χ2n) is 5.96. The number of aromatic nitrogens is 4. The molecule has 4 aromatic rings. The zero-order chi connectivity index (χ0) is 18.6. The number of hydrogen-bond acceptors (Lipinski definition) is 4. The predicted octanol–water partition coefficient (Wildman–Crippen LogP) is 3.97. The first-order valence-corrected chi connectivity index (χ1v) is 8.86. The summed E-state index contributed by atoms with van der Waals surface area (Å²) in [5, 5.41) is 3.34. The van der Waals surface area contributed by atoms with Crippen molar-refractivity contribution in [3.63, 3.8) is 0 Å². The number of aryl methyl sites for hydroxylation is 2. The molecular weight excluding hydrogens is 362 g/mol. The van der Waals surface area contributed by atoms with Gasteiger partial charge in [0, 0.05) is 31.1 Å². The van der Waals surface area contributed by atoms with Gasteiger partial charge in [-0.05, 0) is 36.4 Å². The number of hydrogen-bond donors (Lipinski definition) is 1. The van der Waals surface area contributed by atoms with E-state index in [0.717, 1.165) is 23.1 Å². The topological polar surface area (TPSA) is 72.7 Å². The molecule has 0 aliphatic heterocycles. The SMILES string of the molecule is O=C(Nc1nc2ccccc2n1CCc1ccccn1)c1ccc(Cl)cn1. The third-order valence-corrected chi connectivity index (χ3v) is 4.38. The van der Waals surface area contributed by atoms with Crippen LogP contribution in [0.15, 0.2) is 67.0 Å². The Hall–Kier alpha value is -3.25. The molecule has 6 nitrogen and oxygen atoms in total. The van der Waals surface area contributed by atoms with E-state index in [4.69, 9.17) is 11.6 Å². The minimum Gasteiger partial charge on any atom is -0.310 e. The summed E-state index contributed by atoms with van der Waals surface area (Å²) < 4.78 is 1.98. The van der Waals surface area contributed by atoms with Crippen molar-refractivity contribution in [3.8, 4) is 0 Å². The highest BCUT2D eigenvalue weighted by Crippen LogP contribution is 2.21. The van der Waals surface area contributed by atoms with Crippen LogP contribution in [0.2, 0.25) is 5.02 Å². The summed E-state index contributed by atoms with van der Waals surface area (Å²) >= 11 is 5.84. The third kappa shape index (κ3) is 3.80. The van der Waals surface area contributed by atoms with Gasteiger partial charge in [-0.25, -0.2) is 9.97 Å². The molecule has 0 aliphatic carbocycles. The molecule has 27 heavy (non-hydrogen) atoms. The molecule has 0 spiro atoms. The van der Waals surface area contributed by atoms with Crippen LogP contribution in [0.4, 0.5) is 5.95 Å². The molecule has 134 valence electrons. The van der Waals surface area contributed by atoms with Crippen LogP contribution >= 0.6 is 11.6 Å². The molecular formula is C20H16ClN5O. The monoisotopic (exact) mass is 377 g/mol. The van der Waals surface area contributed by atoms with Crippen molar-refractivity contribution in [1.82, 2.24) is 19.5 Å². The smallest absolute Gasteiger partial charge is 0.276 e. The van der Waals surface area contributed by atoms with Crippen LogP contribution in [0.25, 0.3) is 11.0 Å². The van der Waals surface area contributed by atoms with Crippen LogP contribution in [0, 0.1) is 0 Å². The molecule has 0 atom stereocenters. The van der Waals surface area contributed by atoms with E-state index in [0.29, 0.717) is 17.5 Å². The van der Waals surface area contributed by atoms with E-state index in [1.165, 1.54) is 6.20 Å². The van der Waals surface area contributed by atoms with E-state index in [9.17, 15) is 4.79 Å². The Labute approximate surface area is 160 Å². The Morgan fingerprint density at radius 1 is 1.04 bits per heavy atom. The molecule has 1 amide bonds. The van der Waals surface area contributed by atoms with E-state index in [1.54, 1.807) is 18.3 Å². The lowest BCUT2D eigenvalue weighted by atomic mass is 10.2. The molecule has 7 heteroatoms. The average Bonchev–Trinajstić information content (AvgIpc) is 3.04. The number of carbonyl (C=O) groups is 1. The molecule has 0 bridgehead atoms. The lowest BCUT2D eigenvalue weighted by Gasteiger charge is -2.10. The molecule has 0 saturated heterocycles. The molecule has 0 fully saturated rings. The summed E-state index contributed by atoms with van der Waals surface area (Å²) in [6, 6.07) is 16.8. The van der Waals surface area contributed by atoms with Crippen LogP contribution in [0.5, 0.6) is 0 Å². The van der Waals surface area contributed by atoms with Gasteiger partial charge in [-0.2, -0.15) is 0 Å². The summed E-state index contributed by atoms with van der Waals surface area (Å²) in [7, 11) is 0. The Morgan fingerprint density at radius 2 is 1.89 bits per heavy atom. The standard InChI is InChI=1S/C20H16ClN5O/c21-14-8-9-17(23-13-14)19(27)25-20-24-16-6-1-2-7-18(16)26(20)12-10-15-5-3-4-11-22-15/h1-9,11,13H,10,12H2,(H,24,25,27). The van der Waals surface area contributed by atoms with Crippen LogP contribution in [-0.4, -0.2) is 25.4 Å². The van der Waals surface area contributed by atoms with Gasteiger partial charge in [0.1, 0.15) is 5.69 Å². The Balaban J connectivity index is 1.63. The fourth-order valence-electron chi connectivity index (χ4n) is 2.85. The first-order chi connectivity index (χ1) is 13.2. The highest BCUT2D eigenvalue weighted by molar-refractivity contribution is 6.30. The zero-order valence-corrected chi connectivity index (χ0v) is 15.1. The lowest BCUT2D eigenvalue weighted by molar-refractivity contribution is 0.102. The molecule has 1 N–H and O–H groups in total. The van der Waals surface area contributed by atoms with Crippen LogP contribution in [-0.2, 0) is 13.0 Å². The Morgan fingerprint density at radius 3 is 2.67 bits per heavy atom. The number of carbonyl (C=O) groups excluding carboxylic acids is 1. The first-order valence-electron chi connectivity index (χ1n) is 8.49. The first kappa shape index (κ1) is 17.2. The fourth-order valence-corrected chi connectivity index (χ4v) is 2.96. The number of nitrogens with one attached hydrogen (secondary N) is 1. The van der Waals surface area contributed by atoms with Gasteiger partial charge in [0.15, 0.2) is 0 Å². The number of halogens is 1. The number of nitrogens with zero attached hydrogens (tertiary/aromatic N) is 4. The summed E-state index contributed by atoms with van der Waals surface area (Å²) in [6.45, 7) is 0.640. The third-order valence-electron chi connectivity index (χ3n) is 4.16. The van der Waals surface area contributed by atoms with Crippen LogP contribution in [0.3, 0.4) is 0 Å². The zero-order valence-electron chi connectivity index (χ0n) is 14.3. The normalized spacial score (nSPS) is 10.9. The van der Waals surface area contributed by atoms with Crippen LogP contribution < -0.4 is 5.32 Å². The Kier molecular flexibility index (Phi) is 4.80. The molecule has 3 aromatic heterocycles. The van der Waals surface area contributed by atoms with Crippen molar-refractivity contribution >= 4 is 34.5 Å². The molecule has 1 aromatic carbocycles. The maximum atomic E-state index is 12.5. The number of amides is 1. The van der Waals surface area contributed by atoms with Gasteiger partial charge in [0.2, 0.25) is 5.95 Å². The number of benzene rings is 1. The number of anilines is 1. The summed E-state index contributed by atoms with van der Waals surface area (Å²) in [5.41, 5.74) is 3.03. The number of rotatable bonds is 5. The average molecular weight is 378 g/mol. The highest BCUT2D eigenvalue weighted by Gasteiger charge is 2.15. The number of imidazole rings is 1. The van der Waals surface area contributed by atoms with Gasteiger partial charge in [0.05, 0.1) is 16.1 Å². The van der Waals surface area contributed by atoms with Crippen molar-refractivity contribution in [2.24, 2.45) is 0 Å². The minimum absolute atomic E-state index is 0.280. The van der Waals surface area contributed by atoms with Crippen molar-refractivity contribution in [2.45, 2.75) is 13.0 Å². The number of para-hydroxylation sites is 2. The van der Waals surface area contributed by atoms with Crippen LogP contribution in [0.1, 0.15) is 16.2 Å². The van der Waals surface area contributed by atoms with Gasteiger partial charge in [-0.15, -0.1) is 0 Å². The second-order valence-corrected chi connectivity index (χ2v) is 6.40. The predicted molar refractivity (Wildman–Crippen MR) is 105 cm³/mol. The quantitative estimate of drug-likeness (QED) is 0.571. The molecule has 0 aliphatic rings. The van der Waals surface area contributed by atoms with Crippen molar-refractivity contribution in [1.29, 1.82) is 0 Å². The van der Waals surface area contributed by atoms with Gasteiger partial charge >= 0.3 is 0 Å². The fraction of sp³-hybridized carbons (Fsp3) is 0.100. The van der Waals surface area contributed by atoms with Gasteiger partial charge < -0.3 is 4.57 Å². The van der Waals surface area contributed by atoms with Gasteiger partial charge in [-0.1, -0.05) is 29.8 Å². The maximum absolute atomic E-state index is 12.5. The largest absolute Gasteiger partial charge is 0.310 e. The van der Waals surface area contributed by atoms with Crippen molar-refractivity contribution < 1.29 is 4.79 Å². The second kappa shape index (κ2) is 7.55. The summed E-state index contributed by atoms with van der Waals surface area (Å²) in [6.07, 6.45) is 3.94. The van der Waals surface area contributed by atoms with E-state index in [-0.39, 0.29) is 11.6 Å². The lowest BCUT2D eigenvalue weighted by Crippen LogP contribution is -2.17. The molecule has 3 heterocycles. The maximum Gasteiger partial charge on any atom is 0.276 e. The highest BCUT2D eigenvalue weighted by atomic mass is 35.5. The number of fused-ring (bicyclic) bond motifs is 1. The molecule has 4 rings (SSSR count). The molecule has 0 saturated carbocycles.